The molecule has 0 aliphatic heterocycles. The molecule has 0 amide bonds. The number of likely N-dealkylation sites (N-methyl/N-ethyl adjacent to an activating group) is 1. The first kappa shape index (κ1) is 15.2. The van der Waals surface area contributed by atoms with Gasteiger partial charge in [0.05, 0.1) is 0 Å². The SMILES string of the molecule is CC(Cc1cccs1)N(C)Cc1ccc(CNC2CC2)s1. The van der Waals surface area contributed by atoms with Crippen LogP contribution in [0.2, 0.25) is 0 Å². The molecule has 21 heavy (non-hydrogen) atoms. The van der Waals surface area contributed by atoms with E-state index in [2.05, 4.69) is 53.8 Å². The van der Waals surface area contributed by atoms with Gasteiger partial charge in [0, 0.05) is 39.8 Å². The van der Waals surface area contributed by atoms with Crippen molar-refractivity contribution in [2.45, 2.75) is 51.4 Å². The van der Waals surface area contributed by atoms with Crippen molar-refractivity contribution in [2.75, 3.05) is 7.05 Å². The Morgan fingerprint density at radius 3 is 2.76 bits per heavy atom. The molecule has 0 radical (unpaired) electrons. The van der Waals surface area contributed by atoms with Crippen LogP contribution in [-0.4, -0.2) is 24.0 Å². The molecule has 1 saturated carbocycles. The average molecular weight is 321 g/mol. The molecule has 1 atom stereocenters. The van der Waals surface area contributed by atoms with Gasteiger partial charge in [-0.2, -0.15) is 0 Å². The number of thiophene rings is 2. The van der Waals surface area contributed by atoms with Crippen molar-refractivity contribution >= 4 is 22.7 Å². The molecule has 2 aromatic heterocycles. The fourth-order valence-electron chi connectivity index (χ4n) is 2.41. The summed E-state index contributed by atoms with van der Waals surface area (Å²) in [4.78, 5) is 6.89. The normalized spacial score (nSPS) is 16.5. The Morgan fingerprint density at radius 2 is 2.05 bits per heavy atom. The average Bonchev–Trinajstić information content (AvgIpc) is 2.96. The van der Waals surface area contributed by atoms with E-state index < -0.39 is 0 Å². The van der Waals surface area contributed by atoms with Crippen LogP contribution >= 0.6 is 22.7 Å². The Morgan fingerprint density at radius 1 is 1.24 bits per heavy atom. The molecule has 0 aromatic carbocycles. The molecule has 114 valence electrons. The Kier molecular flexibility index (Phi) is 5.11. The van der Waals surface area contributed by atoms with Crippen LogP contribution in [0.25, 0.3) is 0 Å². The number of hydrogen-bond donors (Lipinski definition) is 1. The minimum Gasteiger partial charge on any atom is -0.309 e. The molecule has 1 unspecified atom stereocenters. The Bertz CT molecular complexity index is 543. The third kappa shape index (κ3) is 4.65. The van der Waals surface area contributed by atoms with Gasteiger partial charge in [0.1, 0.15) is 0 Å². The van der Waals surface area contributed by atoms with Crippen LogP contribution in [0.4, 0.5) is 0 Å². The van der Waals surface area contributed by atoms with E-state index in [0.29, 0.717) is 6.04 Å². The molecule has 2 aromatic rings. The second-order valence-electron chi connectivity index (χ2n) is 6.07. The summed E-state index contributed by atoms with van der Waals surface area (Å²) >= 11 is 3.82. The van der Waals surface area contributed by atoms with E-state index in [0.717, 1.165) is 25.6 Å². The number of hydrogen-bond acceptors (Lipinski definition) is 4. The van der Waals surface area contributed by atoms with Crippen molar-refractivity contribution in [2.24, 2.45) is 0 Å². The molecule has 3 rings (SSSR count). The van der Waals surface area contributed by atoms with Crippen LogP contribution in [0, 0.1) is 0 Å². The highest BCUT2D eigenvalue weighted by Gasteiger charge is 2.20. The fraction of sp³-hybridized carbons (Fsp3) is 0.529. The van der Waals surface area contributed by atoms with Gasteiger partial charge in [-0.05, 0) is 56.8 Å². The van der Waals surface area contributed by atoms with E-state index in [1.165, 1.54) is 27.5 Å². The molecule has 0 bridgehead atoms. The van der Waals surface area contributed by atoms with E-state index in [1.54, 1.807) is 0 Å². The molecule has 4 heteroatoms. The van der Waals surface area contributed by atoms with Gasteiger partial charge >= 0.3 is 0 Å². The summed E-state index contributed by atoms with van der Waals surface area (Å²) in [6.45, 7) is 4.42. The van der Waals surface area contributed by atoms with E-state index in [9.17, 15) is 0 Å². The number of rotatable bonds is 8. The first-order valence-electron chi connectivity index (χ1n) is 7.74. The third-order valence-corrected chi connectivity index (χ3v) is 6.06. The first-order chi connectivity index (χ1) is 10.2. The van der Waals surface area contributed by atoms with Gasteiger partial charge in [-0.25, -0.2) is 0 Å². The maximum absolute atomic E-state index is 3.59. The van der Waals surface area contributed by atoms with E-state index in [-0.39, 0.29) is 0 Å². The lowest BCUT2D eigenvalue weighted by Crippen LogP contribution is -2.29. The summed E-state index contributed by atoms with van der Waals surface area (Å²) < 4.78 is 0. The highest BCUT2D eigenvalue weighted by Crippen LogP contribution is 2.23. The largest absolute Gasteiger partial charge is 0.309 e. The summed E-state index contributed by atoms with van der Waals surface area (Å²) in [7, 11) is 2.24. The van der Waals surface area contributed by atoms with Gasteiger partial charge in [0.2, 0.25) is 0 Å². The van der Waals surface area contributed by atoms with Crippen LogP contribution in [0.1, 0.15) is 34.4 Å². The summed E-state index contributed by atoms with van der Waals surface area (Å²) in [6.07, 6.45) is 3.87. The molecule has 2 nitrogen and oxygen atoms in total. The molecular formula is C17H24N2S2. The van der Waals surface area contributed by atoms with Gasteiger partial charge in [-0.15, -0.1) is 22.7 Å². The maximum atomic E-state index is 3.59. The van der Waals surface area contributed by atoms with Crippen LogP contribution in [0.3, 0.4) is 0 Å². The topological polar surface area (TPSA) is 15.3 Å². The van der Waals surface area contributed by atoms with Crippen molar-refractivity contribution in [1.29, 1.82) is 0 Å². The summed E-state index contributed by atoms with van der Waals surface area (Å²) in [5, 5.41) is 5.76. The second kappa shape index (κ2) is 7.05. The quantitative estimate of drug-likeness (QED) is 0.787. The van der Waals surface area contributed by atoms with Crippen molar-refractivity contribution in [1.82, 2.24) is 10.2 Å². The van der Waals surface area contributed by atoms with Crippen LogP contribution in [0.15, 0.2) is 29.6 Å². The van der Waals surface area contributed by atoms with Crippen LogP contribution in [0.5, 0.6) is 0 Å². The molecule has 0 saturated heterocycles. The zero-order valence-electron chi connectivity index (χ0n) is 12.8. The van der Waals surface area contributed by atoms with E-state index >= 15 is 0 Å². The predicted octanol–water partition coefficient (Wildman–Crippen LogP) is 4.12. The first-order valence-corrected chi connectivity index (χ1v) is 9.44. The van der Waals surface area contributed by atoms with Crippen LogP contribution < -0.4 is 5.32 Å². The molecule has 1 aliphatic carbocycles. The van der Waals surface area contributed by atoms with Gasteiger partial charge in [0.25, 0.3) is 0 Å². The second-order valence-corrected chi connectivity index (χ2v) is 8.36. The highest BCUT2D eigenvalue weighted by atomic mass is 32.1. The van der Waals surface area contributed by atoms with E-state index in [4.69, 9.17) is 0 Å². The zero-order chi connectivity index (χ0) is 14.7. The molecule has 1 fully saturated rings. The zero-order valence-corrected chi connectivity index (χ0v) is 14.5. The van der Waals surface area contributed by atoms with Gasteiger partial charge < -0.3 is 5.32 Å². The summed E-state index contributed by atoms with van der Waals surface area (Å²) in [6, 6.07) is 10.3. The van der Waals surface area contributed by atoms with Gasteiger partial charge in [-0.1, -0.05) is 6.07 Å². The highest BCUT2D eigenvalue weighted by molar-refractivity contribution is 7.12. The van der Waals surface area contributed by atoms with E-state index in [1.807, 2.05) is 22.7 Å². The molecule has 1 N–H and O–H groups in total. The summed E-state index contributed by atoms with van der Waals surface area (Å²) in [5.41, 5.74) is 0. The van der Waals surface area contributed by atoms with Crippen LogP contribution in [-0.2, 0) is 19.5 Å². The standard InChI is InChI=1S/C17H24N2S2/c1-13(10-15-4-3-9-20-15)19(2)12-17-8-7-16(21-17)11-18-14-5-6-14/h3-4,7-9,13-14,18H,5-6,10-12H2,1-2H3. The molecule has 1 aliphatic rings. The molecule has 0 spiro atoms. The lowest BCUT2D eigenvalue weighted by atomic mass is 10.2. The van der Waals surface area contributed by atoms with Gasteiger partial charge in [0.15, 0.2) is 0 Å². The monoisotopic (exact) mass is 320 g/mol. The number of nitrogens with one attached hydrogen (secondary N) is 1. The molecular weight excluding hydrogens is 296 g/mol. The van der Waals surface area contributed by atoms with Crippen molar-refractivity contribution in [3.05, 3.63) is 44.3 Å². The summed E-state index contributed by atoms with van der Waals surface area (Å²) in [5.74, 6) is 0. The minimum absolute atomic E-state index is 0.582. The Hall–Kier alpha value is -0.680. The van der Waals surface area contributed by atoms with Gasteiger partial charge in [-0.3, -0.25) is 4.90 Å². The lowest BCUT2D eigenvalue weighted by molar-refractivity contribution is 0.251. The van der Waals surface area contributed by atoms with Crippen molar-refractivity contribution in [3.63, 3.8) is 0 Å². The molecule has 2 heterocycles. The van der Waals surface area contributed by atoms with Crippen molar-refractivity contribution < 1.29 is 0 Å². The minimum atomic E-state index is 0.582. The Labute approximate surface area is 135 Å². The smallest absolute Gasteiger partial charge is 0.0327 e. The predicted molar refractivity (Wildman–Crippen MR) is 93.1 cm³/mol. The third-order valence-electron chi connectivity index (χ3n) is 4.09. The maximum Gasteiger partial charge on any atom is 0.0327 e. The lowest BCUT2D eigenvalue weighted by Gasteiger charge is -2.23. The number of nitrogens with zero attached hydrogens (tertiary/aromatic N) is 1. The Balaban J connectivity index is 1.47. The van der Waals surface area contributed by atoms with Crippen molar-refractivity contribution in [3.8, 4) is 0 Å². The fourth-order valence-corrected chi connectivity index (χ4v) is 4.27.